The van der Waals surface area contributed by atoms with Crippen LogP contribution < -0.4 is 38.9 Å². The molecule has 41 heavy (non-hydrogen) atoms. The Morgan fingerprint density at radius 3 is 2.22 bits per heavy atom. The SMILES string of the molecule is NCCCCC(N)C(=O)NC(CO)C(=O)NC(Cc1c[nH]c2ccccc12)C(=O)NC(CCCN=C(N)N)C(=O)O. The number of nitrogens with zero attached hydrogens (tertiary/aromatic N) is 1. The van der Waals surface area contributed by atoms with Gasteiger partial charge in [0.1, 0.15) is 18.1 Å². The van der Waals surface area contributed by atoms with E-state index in [0.717, 1.165) is 10.9 Å². The summed E-state index contributed by atoms with van der Waals surface area (Å²) in [5, 5.41) is 27.7. The highest BCUT2D eigenvalue weighted by molar-refractivity contribution is 5.95. The normalized spacial score (nSPS) is 13.9. The van der Waals surface area contributed by atoms with Crippen LogP contribution >= 0.6 is 0 Å². The highest BCUT2D eigenvalue weighted by Crippen LogP contribution is 2.19. The first-order valence-corrected chi connectivity index (χ1v) is 13.4. The van der Waals surface area contributed by atoms with Gasteiger partial charge in [-0.05, 0) is 43.9 Å². The molecule has 3 amide bonds. The van der Waals surface area contributed by atoms with Crippen LogP contribution in [0.15, 0.2) is 35.5 Å². The van der Waals surface area contributed by atoms with Crippen LogP contribution in [0.2, 0.25) is 0 Å². The Balaban J connectivity index is 2.20. The highest BCUT2D eigenvalue weighted by Gasteiger charge is 2.30. The van der Waals surface area contributed by atoms with E-state index in [2.05, 4.69) is 25.9 Å². The molecule has 15 heteroatoms. The van der Waals surface area contributed by atoms with Crippen LogP contribution in [0, 0.1) is 0 Å². The lowest BCUT2D eigenvalue weighted by Crippen LogP contribution is -2.58. The van der Waals surface area contributed by atoms with Gasteiger partial charge in [0, 0.05) is 30.1 Å². The number of carboxylic acids is 1. The summed E-state index contributed by atoms with van der Waals surface area (Å²) in [4.78, 5) is 57.7. The first kappa shape index (κ1) is 33.0. The average molecular weight is 576 g/mol. The zero-order valence-corrected chi connectivity index (χ0v) is 22.8. The van der Waals surface area contributed by atoms with E-state index in [1.807, 2.05) is 24.3 Å². The Labute approximate surface area is 237 Å². The zero-order valence-electron chi connectivity index (χ0n) is 22.8. The van der Waals surface area contributed by atoms with E-state index in [9.17, 15) is 29.4 Å². The van der Waals surface area contributed by atoms with Gasteiger partial charge in [0.05, 0.1) is 12.6 Å². The largest absolute Gasteiger partial charge is 0.480 e. The number of aromatic amines is 1. The van der Waals surface area contributed by atoms with Crippen molar-refractivity contribution in [3.8, 4) is 0 Å². The van der Waals surface area contributed by atoms with Crippen molar-refractivity contribution in [2.45, 2.75) is 62.7 Å². The number of carbonyl (C=O) groups is 4. The minimum absolute atomic E-state index is 0.00732. The molecule has 4 unspecified atom stereocenters. The van der Waals surface area contributed by atoms with Gasteiger partial charge in [-0.3, -0.25) is 19.4 Å². The first-order chi connectivity index (χ1) is 19.6. The maximum Gasteiger partial charge on any atom is 0.326 e. The van der Waals surface area contributed by atoms with Crippen molar-refractivity contribution in [1.29, 1.82) is 0 Å². The molecule has 0 aliphatic heterocycles. The van der Waals surface area contributed by atoms with Gasteiger partial charge in [-0.25, -0.2) is 4.79 Å². The van der Waals surface area contributed by atoms with E-state index >= 15 is 0 Å². The third-order valence-electron chi connectivity index (χ3n) is 6.41. The number of aliphatic hydroxyl groups is 1. The van der Waals surface area contributed by atoms with Crippen molar-refractivity contribution in [3.63, 3.8) is 0 Å². The number of aliphatic imine (C=N–C) groups is 1. The number of nitrogens with one attached hydrogen (secondary N) is 4. The van der Waals surface area contributed by atoms with Crippen LogP contribution in [-0.2, 0) is 25.6 Å². The molecule has 0 saturated heterocycles. The third-order valence-corrected chi connectivity index (χ3v) is 6.41. The second-order valence-corrected chi connectivity index (χ2v) is 9.61. The number of aromatic nitrogens is 1. The fourth-order valence-electron chi connectivity index (χ4n) is 4.15. The molecule has 0 aliphatic carbocycles. The molecule has 0 radical (unpaired) electrons. The van der Waals surface area contributed by atoms with E-state index in [-0.39, 0.29) is 31.8 Å². The van der Waals surface area contributed by atoms with Gasteiger partial charge >= 0.3 is 5.97 Å². The summed E-state index contributed by atoms with van der Waals surface area (Å²) in [6.07, 6.45) is 3.63. The minimum atomic E-state index is -1.39. The molecule has 2 aromatic rings. The summed E-state index contributed by atoms with van der Waals surface area (Å²) in [6.45, 7) is -0.129. The lowest BCUT2D eigenvalue weighted by atomic mass is 10.0. The number of aliphatic carboxylic acids is 1. The number of rotatable bonds is 18. The van der Waals surface area contributed by atoms with Gasteiger partial charge < -0.3 is 54.1 Å². The molecule has 2 rings (SSSR count). The number of H-pyrrole nitrogens is 1. The number of para-hydroxylation sites is 1. The monoisotopic (exact) mass is 575 g/mol. The van der Waals surface area contributed by atoms with E-state index in [0.29, 0.717) is 31.4 Å². The Morgan fingerprint density at radius 1 is 0.902 bits per heavy atom. The molecule has 0 saturated carbocycles. The quantitative estimate of drug-likeness (QED) is 0.0518. The standard InChI is InChI=1S/C26H41N9O6/c27-10-4-3-7-17(28)22(37)35-21(14-36)24(39)34-20(12-15-13-32-18-8-2-1-6-16(15)18)23(38)33-19(25(40)41)9-5-11-31-26(29)30/h1-2,6,8,13,17,19-21,32,36H,3-5,7,9-12,14,27-28H2,(H,33,38)(H,34,39)(H,35,37)(H,40,41)(H4,29,30,31). The molecule has 1 heterocycles. The molecule has 15 nitrogen and oxygen atoms in total. The first-order valence-electron chi connectivity index (χ1n) is 13.4. The number of fused-ring (bicyclic) bond motifs is 1. The molecule has 0 spiro atoms. The molecule has 1 aromatic carbocycles. The summed E-state index contributed by atoms with van der Waals surface area (Å²) >= 11 is 0. The lowest BCUT2D eigenvalue weighted by molar-refractivity contribution is -0.142. The van der Waals surface area contributed by atoms with Gasteiger partial charge in [0.25, 0.3) is 0 Å². The Bertz CT molecular complexity index is 1200. The molecular formula is C26H41N9O6. The highest BCUT2D eigenvalue weighted by atomic mass is 16.4. The van der Waals surface area contributed by atoms with Crippen molar-refractivity contribution in [1.82, 2.24) is 20.9 Å². The number of hydrogen-bond donors (Lipinski definition) is 10. The number of unbranched alkanes of at least 4 members (excludes halogenated alkanes) is 1. The minimum Gasteiger partial charge on any atom is -0.480 e. The van der Waals surface area contributed by atoms with Crippen molar-refractivity contribution in [3.05, 3.63) is 36.0 Å². The molecule has 0 aliphatic rings. The molecule has 1 aromatic heterocycles. The summed E-state index contributed by atoms with van der Waals surface area (Å²) < 4.78 is 0. The van der Waals surface area contributed by atoms with Gasteiger partial charge in [0.15, 0.2) is 5.96 Å². The van der Waals surface area contributed by atoms with Crippen molar-refractivity contribution >= 4 is 40.6 Å². The fraction of sp³-hybridized carbons (Fsp3) is 0.500. The molecule has 14 N–H and O–H groups in total. The Kier molecular flexibility index (Phi) is 13.5. The second kappa shape index (κ2) is 16.8. The van der Waals surface area contributed by atoms with Crippen LogP contribution in [0.5, 0.6) is 0 Å². The van der Waals surface area contributed by atoms with Crippen LogP contribution in [0.4, 0.5) is 0 Å². The second-order valence-electron chi connectivity index (χ2n) is 9.61. The Hall–Kier alpha value is -4.21. The van der Waals surface area contributed by atoms with Gasteiger partial charge in [-0.1, -0.05) is 24.6 Å². The zero-order chi connectivity index (χ0) is 30.4. The number of carboxylic acid groups (broad SMARTS) is 1. The van der Waals surface area contributed by atoms with E-state index in [1.54, 1.807) is 6.20 Å². The summed E-state index contributed by atoms with van der Waals surface area (Å²) in [6, 6.07) is 2.51. The van der Waals surface area contributed by atoms with Crippen LogP contribution in [0.25, 0.3) is 10.9 Å². The smallest absolute Gasteiger partial charge is 0.326 e. The van der Waals surface area contributed by atoms with Gasteiger partial charge in [-0.2, -0.15) is 0 Å². The average Bonchev–Trinajstić information content (AvgIpc) is 3.35. The summed E-state index contributed by atoms with van der Waals surface area (Å²) in [5.41, 5.74) is 23.4. The van der Waals surface area contributed by atoms with Gasteiger partial charge in [0.2, 0.25) is 17.7 Å². The van der Waals surface area contributed by atoms with Crippen molar-refractivity contribution in [2.24, 2.45) is 27.9 Å². The number of nitrogens with two attached hydrogens (primary N) is 4. The molecule has 0 bridgehead atoms. The summed E-state index contributed by atoms with van der Waals surface area (Å²) in [5.74, 6) is -3.65. The predicted octanol–water partition coefficient (Wildman–Crippen LogP) is -2.25. The van der Waals surface area contributed by atoms with E-state index in [4.69, 9.17) is 22.9 Å². The van der Waals surface area contributed by atoms with E-state index in [1.165, 1.54) is 0 Å². The third kappa shape index (κ3) is 10.7. The molecule has 0 fully saturated rings. The van der Waals surface area contributed by atoms with Crippen LogP contribution in [0.3, 0.4) is 0 Å². The number of carbonyl (C=O) groups excluding carboxylic acids is 3. The molecular weight excluding hydrogens is 534 g/mol. The van der Waals surface area contributed by atoms with Crippen molar-refractivity contribution < 1.29 is 29.4 Å². The molecule has 4 atom stereocenters. The number of amides is 3. The van der Waals surface area contributed by atoms with Crippen LogP contribution in [0.1, 0.15) is 37.7 Å². The van der Waals surface area contributed by atoms with E-state index < -0.39 is 54.5 Å². The summed E-state index contributed by atoms with van der Waals surface area (Å²) in [7, 11) is 0. The molecule has 226 valence electrons. The number of hydrogen-bond acceptors (Lipinski definition) is 8. The maximum absolute atomic E-state index is 13.3. The Morgan fingerprint density at radius 2 is 1.56 bits per heavy atom. The maximum atomic E-state index is 13.3. The fourth-order valence-corrected chi connectivity index (χ4v) is 4.15. The number of aliphatic hydroxyl groups excluding tert-OH is 1. The lowest BCUT2D eigenvalue weighted by Gasteiger charge is -2.24. The predicted molar refractivity (Wildman–Crippen MR) is 153 cm³/mol. The topological polar surface area (TPSA) is 277 Å². The van der Waals surface area contributed by atoms with Gasteiger partial charge in [-0.15, -0.1) is 0 Å². The number of benzene rings is 1. The van der Waals surface area contributed by atoms with Crippen molar-refractivity contribution in [2.75, 3.05) is 19.7 Å². The number of guanidine groups is 1. The van der Waals surface area contributed by atoms with Crippen LogP contribution in [-0.4, -0.2) is 88.7 Å².